The van der Waals surface area contributed by atoms with Gasteiger partial charge >= 0.3 is 0 Å². The number of para-hydroxylation sites is 1. The van der Waals surface area contributed by atoms with Gasteiger partial charge in [-0.2, -0.15) is 0 Å². The number of anilines is 1. The van der Waals surface area contributed by atoms with Crippen LogP contribution in [0.2, 0.25) is 0 Å². The first-order valence-electron chi connectivity index (χ1n) is 8.57. The molecule has 2 aromatic rings. The number of benzene rings is 1. The zero-order valence-electron chi connectivity index (χ0n) is 14.8. The highest BCUT2D eigenvalue weighted by molar-refractivity contribution is 5.87. The number of hydrogen-bond acceptors (Lipinski definition) is 4. The molecule has 3 rings (SSSR count). The fourth-order valence-electron chi connectivity index (χ4n) is 3.52. The van der Waals surface area contributed by atoms with Crippen LogP contribution in [0.4, 0.5) is 5.82 Å². The molecule has 1 aliphatic heterocycles. The molecule has 1 aromatic carbocycles. The third-order valence-electron chi connectivity index (χ3n) is 4.97. The van der Waals surface area contributed by atoms with Crippen molar-refractivity contribution in [2.75, 3.05) is 18.8 Å². The number of aromatic hydroxyl groups is 1. The average molecular weight is 352 g/mol. The summed E-state index contributed by atoms with van der Waals surface area (Å²) in [6.45, 7) is 6.89. The Morgan fingerprint density at radius 1 is 1.42 bits per heavy atom. The molecule has 1 saturated heterocycles. The van der Waals surface area contributed by atoms with Gasteiger partial charge in [-0.25, -0.2) is 0 Å². The van der Waals surface area contributed by atoms with Crippen LogP contribution in [0.1, 0.15) is 34.7 Å². The van der Waals surface area contributed by atoms with E-state index in [9.17, 15) is 9.90 Å². The molecule has 6 nitrogen and oxygen atoms in total. The molecule has 0 saturated carbocycles. The molecule has 6 N–H and O–H groups in total. The van der Waals surface area contributed by atoms with E-state index >= 15 is 0 Å². The van der Waals surface area contributed by atoms with Gasteiger partial charge in [-0.15, -0.1) is 0 Å². The minimum atomic E-state index is -0.0476. The Morgan fingerprint density at radius 2 is 2.15 bits per heavy atom. The summed E-state index contributed by atoms with van der Waals surface area (Å²) >= 11 is 0. The number of nitrogens with zero attached hydrogens (tertiary/aromatic N) is 1. The van der Waals surface area contributed by atoms with Crippen LogP contribution in [0.25, 0.3) is 11.8 Å². The van der Waals surface area contributed by atoms with Crippen molar-refractivity contribution in [3.63, 3.8) is 0 Å². The summed E-state index contributed by atoms with van der Waals surface area (Å²) in [5.74, 6) is 0.815. The number of phenols is 1. The van der Waals surface area contributed by atoms with Crippen LogP contribution in [-0.2, 0) is 4.79 Å². The Morgan fingerprint density at radius 3 is 2.85 bits per heavy atom. The standard InChI is InChI=1S/C20H24N4O2/c1-3-18(26)24-9-8-13(11-24)19-12(2)15(20(22)23-19)10-16(21)14-6-4-5-7-17(14)25/h3-7,10,13,23,25H,1,8-9,11,21-22H2,2H3/b16-10-. The Hall–Kier alpha value is -3.15. The molecule has 6 heteroatoms. The van der Waals surface area contributed by atoms with Crippen LogP contribution >= 0.6 is 0 Å². The summed E-state index contributed by atoms with van der Waals surface area (Å²) in [6.07, 6.45) is 4.00. The molecule has 26 heavy (non-hydrogen) atoms. The van der Waals surface area contributed by atoms with Crippen LogP contribution in [-0.4, -0.2) is 34.0 Å². The number of carbonyl (C=O) groups is 1. The van der Waals surface area contributed by atoms with E-state index in [0.717, 1.165) is 23.2 Å². The van der Waals surface area contributed by atoms with Crippen LogP contribution in [0.3, 0.4) is 0 Å². The van der Waals surface area contributed by atoms with Gasteiger partial charge in [0.2, 0.25) is 5.91 Å². The van der Waals surface area contributed by atoms with Crippen molar-refractivity contribution < 1.29 is 9.90 Å². The molecule has 0 spiro atoms. The number of carbonyl (C=O) groups excluding carboxylic acids is 1. The summed E-state index contributed by atoms with van der Waals surface area (Å²) in [5.41, 5.74) is 16.2. The first kappa shape index (κ1) is 17.7. The molecule has 1 amide bonds. The largest absolute Gasteiger partial charge is 0.507 e. The van der Waals surface area contributed by atoms with Gasteiger partial charge in [0.25, 0.3) is 0 Å². The number of hydrogen-bond donors (Lipinski definition) is 4. The summed E-state index contributed by atoms with van der Waals surface area (Å²) in [7, 11) is 0. The maximum Gasteiger partial charge on any atom is 0.245 e. The number of phenolic OH excluding ortho intramolecular Hbond substituents is 1. The van der Waals surface area contributed by atoms with Gasteiger partial charge in [-0.3, -0.25) is 4.79 Å². The van der Waals surface area contributed by atoms with Crippen molar-refractivity contribution in [1.82, 2.24) is 9.88 Å². The first-order chi connectivity index (χ1) is 12.4. The lowest BCUT2D eigenvalue weighted by molar-refractivity contribution is -0.125. The third-order valence-corrected chi connectivity index (χ3v) is 4.97. The number of rotatable bonds is 4. The molecule has 1 aromatic heterocycles. The van der Waals surface area contributed by atoms with Gasteiger partial charge in [-0.1, -0.05) is 18.7 Å². The molecular weight excluding hydrogens is 328 g/mol. The van der Waals surface area contributed by atoms with E-state index in [1.165, 1.54) is 6.08 Å². The Kier molecular flexibility index (Phi) is 4.75. The molecule has 2 heterocycles. The van der Waals surface area contributed by atoms with E-state index in [-0.39, 0.29) is 17.6 Å². The summed E-state index contributed by atoms with van der Waals surface area (Å²) in [5, 5.41) is 9.97. The summed E-state index contributed by atoms with van der Waals surface area (Å²) < 4.78 is 0. The number of likely N-dealkylation sites (tertiary alicyclic amines) is 1. The van der Waals surface area contributed by atoms with Crippen molar-refractivity contribution in [2.24, 2.45) is 5.73 Å². The maximum atomic E-state index is 11.8. The van der Waals surface area contributed by atoms with Gasteiger partial charge in [-0.05, 0) is 43.2 Å². The lowest BCUT2D eigenvalue weighted by Crippen LogP contribution is -2.26. The highest BCUT2D eigenvalue weighted by Crippen LogP contribution is 2.34. The van der Waals surface area contributed by atoms with Gasteiger partial charge in [0, 0.05) is 41.5 Å². The normalized spacial score (nSPS) is 17.5. The highest BCUT2D eigenvalue weighted by atomic mass is 16.3. The maximum absolute atomic E-state index is 11.8. The Bertz CT molecular complexity index is 882. The number of H-pyrrole nitrogens is 1. The predicted octanol–water partition coefficient (Wildman–Crippen LogP) is 2.57. The molecule has 1 atom stereocenters. The Balaban J connectivity index is 1.90. The molecule has 1 unspecified atom stereocenters. The van der Waals surface area contributed by atoms with Crippen molar-refractivity contribution >= 4 is 23.5 Å². The first-order valence-corrected chi connectivity index (χ1v) is 8.57. The molecule has 0 bridgehead atoms. The lowest BCUT2D eigenvalue weighted by atomic mass is 9.99. The van der Waals surface area contributed by atoms with Gasteiger partial charge < -0.3 is 26.5 Å². The van der Waals surface area contributed by atoms with Crippen molar-refractivity contribution in [2.45, 2.75) is 19.3 Å². The monoisotopic (exact) mass is 352 g/mol. The molecule has 1 aliphatic rings. The van der Waals surface area contributed by atoms with E-state index in [0.29, 0.717) is 30.2 Å². The quantitative estimate of drug-likeness (QED) is 0.634. The van der Waals surface area contributed by atoms with Crippen LogP contribution < -0.4 is 11.5 Å². The van der Waals surface area contributed by atoms with E-state index in [1.807, 2.05) is 13.0 Å². The van der Waals surface area contributed by atoms with Gasteiger partial charge in [0.05, 0.1) is 0 Å². The highest BCUT2D eigenvalue weighted by Gasteiger charge is 2.29. The van der Waals surface area contributed by atoms with Crippen molar-refractivity contribution in [3.8, 4) is 5.75 Å². The second kappa shape index (κ2) is 7.00. The van der Waals surface area contributed by atoms with Gasteiger partial charge in [0.15, 0.2) is 0 Å². The fourth-order valence-corrected chi connectivity index (χ4v) is 3.52. The molecule has 0 aliphatic carbocycles. The molecule has 1 fully saturated rings. The smallest absolute Gasteiger partial charge is 0.245 e. The van der Waals surface area contributed by atoms with Gasteiger partial charge in [0.1, 0.15) is 11.6 Å². The minimum Gasteiger partial charge on any atom is -0.507 e. The SMILES string of the molecule is C=CC(=O)N1CCC(c2[nH]c(N)c(/C=C(\N)c3ccccc3O)c2C)C1. The van der Waals surface area contributed by atoms with Crippen molar-refractivity contribution in [3.05, 3.63) is 59.3 Å². The zero-order chi connectivity index (χ0) is 18.8. The molecule has 0 radical (unpaired) electrons. The molecule has 136 valence electrons. The van der Waals surface area contributed by atoms with E-state index in [1.54, 1.807) is 29.2 Å². The zero-order valence-corrected chi connectivity index (χ0v) is 14.8. The summed E-state index contributed by atoms with van der Waals surface area (Å²) in [4.78, 5) is 16.9. The topological polar surface area (TPSA) is 108 Å². The van der Waals surface area contributed by atoms with E-state index < -0.39 is 0 Å². The van der Waals surface area contributed by atoms with Crippen molar-refractivity contribution in [1.29, 1.82) is 0 Å². The second-order valence-electron chi connectivity index (χ2n) is 6.58. The third kappa shape index (κ3) is 3.18. The number of aromatic amines is 1. The summed E-state index contributed by atoms with van der Waals surface area (Å²) in [6, 6.07) is 6.92. The minimum absolute atomic E-state index is 0.0476. The van der Waals surface area contributed by atoms with Crippen LogP contribution in [0.5, 0.6) is 5.75 Å². The number of nitrogen functional groups attached to an aromatic ring is 1. The molecular formula is C20H24N4O2. The van der Waals surface area contributed by atoms with E-state index in [2.05, 4.69) is 11.6 Å². The van der Waals surface area contributed by atoms with Crippen LogP contribution in [0, 0.1) is 6.92 Å². The average Bonchev–Trinajstić information content (AvgIpc) is 3.21. The van der Waals surface area contributed by atoms with Crippen LogP contribution in [0.15, 0.2) is 36.9 Å². The number of aromatic nitrogens is 1. The van der Waals surface area contributed by atoms with E-state index in [4.69, 9.17) is 11.5 Å². The number of nitrogens with two attached hydrogens (primary N) is 2. The Labute approximate surface area is 152 Å². The number of amides is 1. The number of nitrogens with one attached hydrogen (secondary N) is 1. The second-order valence-corrected chi connectivity index (χ2v) is 6.58. The predicted molar refractivity (Wildman–Crippen MR) is 104 cm³/mol. The fraction of sp³-hybridized carbons (Fsp3) is 0.250. The lowest BCUT2D eigenvalue weighted by Gasteiger charge is -2.14.